The number of thiophene rings is 2. The number of furan rings is 3. The Labute approximate surface area is 456 Å². The largest absolute Gasteiger partial charge is 0.456 e. The van der Waals surface area contributed by atoms with Crippen molar-refractivity contribution in [3.63, 3.8) is 0 Å². The van der Waals surface area contributed by atoms with Crippen molar-refractivity contribution in [2.75, 3.05) is 0 Å². The van der Waals surface area contributed by atoms with E-state index in [-0.39, 0.29) is 0 Å². The number of fused-ring (bicyclic) bond motifs is 19. The molecule has 0 amide bonds. The maximum atomic E-state index is 12.9. The number of benzene rings is 11. The van der Waals surface area contributed by atoms with Crippen LogP contribution in [0.15, 0.2) is 238 Å². The van der Waals surface area contributed by atoms with E-state index in [1.165, 1.54) is 30.9 Å². The average molecular weight is 1040 g/mol. The predicted octanol–water partition coefficient (Wildman–Crippen LogP) is 20.9. The third-order valence-corrected chi connectivity index (χ3v) is 18.7. The highest BCUT2D eigenvalue weighted by molar-refractivity contribution is 7.26. The fourth-order valence-corrected chi connectivity index (χ4v) is 15.8. The Bertz CT molecular complexity index is 5440. The van der Waals surface area contributed by atoms with Crippen molar-refractivity contribution in [1.29, 1.82) is 5.26 Å². The Kier molecular flexibility index (Phi) is 8.68. The first-order valence-electron chi connectivity index (χ1n) is 26.4. The van der Waals surface area contributed by atoms with Crippen LogP contribution in [0.1, 0.15) is 5.56 Å². The summed E-state index contributed by atoms with van der Waals surface area (Å²) in [6.07, 6.45) is 0. The molecule has 7 heterocycles. The van der Waals surface area contributed by atoms with Crippen molar-refractivity contribution in [2.45, 2.75) is 0 Å². The Balaban J connectivity index is 1.21. The van der Waals surface area contributed by atoms with Gasteiger partial charge in [0.2, 0.25) is 0 Å². The molecule has 79 heavy (non-hydrogen) atoms. The van der Waals surface area contributed by atoms with Crippen LogP contribution in [0.4, 0.5) is 0 Å². The van der Waals surface area contributed by atoms with Gasteiger partial charge in [-0.2, -0.15) is 5.26 Å². The molecule has 366 valence electrons. The molecule has 0 saturated carbocycles. The molecule has 11 aromatic carbocycles. The molecule has 0 atom stereocenters. The summed E-state index contributed by atoms with van der Waals surface area (Å²) in [6, 6.07) is 82.2. The van der Waals surface area contributed by atoms with E-state index in [1.54, 1.807) is 22.7 Å². The number of nitriles is 1. The number of hydrogen-bond acceptors (Lipinski definition) is 6. The molecule has 7 aromatic heterocycles. The third kappa shape index (κ3) is 5.71. The molecule has 0 aliphatic rings. The van der Waals surface area contributed by atoms with E-state index in [2.05, 4.69) is 209 Å². The zero-order chi connectivity index (χ0) is 51.6. The Morgan fingerprint density at radius 2 is 0.633 bits per heavy atom. The van der Waals surface area contributed by atoms with Gasteiger partial charge in [0.25, 0.3) is 0 Å². The van der Waals surface area contributed by atoms with Crippen molar-refractivity contribution in [3.05, 3.63) is 230 Å². The summed E-state index contributed by atoms with van der Waals surface area (Å²) in [5.74, 6) is 0. The van der Waals surface area contributed by atoms with Crippen LogP contribution in [0.3, 0.4) is 0 Å². The molecule has 0 aliphatic carbocycles. The summed E-state index contributed by atoms with van der Waals surface area (Å²) in [5, 5.41) is 25.7. The van der Waals surface area contributed by atoms with E-state index in [0.29, 0.717) is 5.56 Å². The molecule has 0 saturated heterocycles. The van der Waals surface area contributed by atoms with Crippen molar-refractivity contribution in [2.24, 2.45) is 0 Å². The first-order valence-corrected chi connectivity index (χ1v) is 28.0. The topological polar surface area (TPSA) is 73.1 Å². The van der Waals surface area contributed by atoms with Crippen molar-refractivity contribution >= 4 is 151 Å². The zero-order valence-corrected chi connectivity index (χ0v) is 43.4. The molecule has 0 N–H and O–H groups in total. The van der Waals surface area contributed by atoms with Gasteiger partial charge in [0.1, 0.15) is 49.2 Å². The molecule has 6 nitrogen and oxygen atoms in total. The smallest absolute Gasteiger partial charge is 0.136 e. The van der Waals surface area contributed by atoms with Gasteiger partial charge < -0.3 is 13.3 Å². The van der Waals surface area contributed by atoms with Crippen LogP contribution in [-0.4, -0.2) is 9.13 Å². The van der Waals surface area contributed by atoms with Crippen LogP contribution in [0.25, 0.3) is 173 Å². The van der Waals surface area contributed by atoms with Crippen LogP contribution in [0.2, 0.25) is 0 Å². The van der Waals surface area contributed by atoms with Crippen molar-refractivity contribution < 1.29 is 13.3 Å². The van der Waals surface area contributed by atoms with Crippen LogP contribution in [-0.2, 0) is 0 Å². The van der Waals surface area contributed by atoms with E-state index in [9.17, 15) is 5.26 Å². The van der Waals surface area contributed by atoms with Gasteiger partial charge in [0.05, 0.1) is 28.0 Å². The highest BCUT2D eigenvalue weighted by atomic mass is 32.1. The van der Waals surface area contributed by atoms with Gasteiger partial charge in [-0.25, -0.2) is 0 Å². The lowest BCUT2D eigenvalue weighted by atomic mass is 9.81. The number of rotatable bonds is 5. The SMILES string of the molecule is N#Cc1c(-c2cccc3oc4ccccc4c23)c(-n2c3ccccc3c3c4ccccc4sc32)c(-c2cccc3oc4ccccc4c23)c(-n2c3ccccc3c3c4ccccc4sc32)c1-c1cccc2oc3ccccc3c12. The standard InChI is InChI=1S/C71H37N3O3S2/c72-38-49-63(46-25-15-33-55-60(46)41-20-3-10-30-52(41)75-55)68(73-50-28-8-1-18-39(50)65-44-23-6-13-36-58(44)78-70(65)73)67(48-27-17-35-57-62(48)43-22-5-12-32-54(43)77-57)69(64(49)47-26-16-34-56-61(47)42-21-4-11-31-53(42)76-56)74-51-29-9-2-19-40(51)66-45-24-7-14-37-59(45)79-71(66)74/h1-37H. The Morgan fingerprint density at radius 1 is 0.304 bits per heavy atom. The zero-order valence-electron chi connectivity index (χ0n) is 41.7. The normalized spacial score (nSPS) is 12.3. The van der Waals surface area contributed by atoms with Gasteiger partial charge in [-0.05, 0) is 77.4 Å². The molecular formula is C71H37N3O3S2. The summed E-state index contributed by atoms with van der Waals surface area (Å²) < 4.78 is 27.9. The van der Waals surface area contributed by atoms with Gasteiger partial charge in [0, 0.05) is 90.7 Å². The van der Waals surface area contributed by atoms with Gasteiger partial charge in [-0.3, -0.25) is 9.13 Å². The van der Waals surface area contributed by atoms with Crippen LogP contribution in [0.5, 0.6) is 0 Å². The number of hydrogen-bond donors (Lipinski definition) is 0. The second kappa shape index (κ2) is 15.9. The fraction of sp³-hybridized carbons (Fsp3) is 0. The highest BCUT2D eigenvalue weighted by Crippen LogP contribution is 2.58. The minimum absolute atomic E-state index is 0.521. The molecule has 0 radical (unpaired) electrons. The Morgan fingerprint density at radius 3 is 1.04 bits per heavy atom. The quantitative estimate of drug-likeness (QED) is 0.172. The van der Waals surface area contributed by atoms with Crippen molar-refractivity contribution in [3.8, 4) is 50.8 Å². The fourth-order valence-electron chi connectivity index (χ4n) is 13.3. The number of aromatic nitrogens is 2. The molecule has 0 spiro atoms. The molecule has 0 aliphatic heterocycles. The number of nitrogens with zero attached hydrogens (tertiary/aromatic N) is 3. The second-order valence-corrected chi connectivity index (χ2v) is 22.5. The molecule has 0 fully saturated rings. The van der Waals surface area contributed by atoms with Gasteiger partial charge in [-0.1, -0.05) is 164 Å². The summed E-state index contributed by atoms with van der Waals surface area (Å²) in [5.41, 5.74) is 14.1. The molecule has 18 aromatic rings. The summed E-state index contributed by atoms with van der Waals surface area (Å²) >= 11 is 3.58. The summed E-state index contributed by atoms with van der Waals surface area (Å²) in [6.45, 7) is 0. The van der Waals surface area contributed by atoms with E-state index in [0.717, 1.165) is 142 Å². The average Bonchev–Trinajstić information content (AvgIpc) is 3.96. The molecule has 18 rings (SSSR count). The minimum Gasteiger partial charge on any atom is -0.456 e. The number of para-hydroxylation sites is 5. The lowest BCUT2D eigenvalue weighted by Gasteiger charge is -2.28. The second-order valence-electron chi connectivity index (χ2n) is 20.4. The Hall–Kier alpha value is -10.2. The van der Waals surface area contributed by atoms with Crippen molar-refractivity contribution in [1.82, 2.24) is 9.13 Å². The van der Waals surface area contributed by atoms with E-state index in [1.807, 2.05) is 30.3 Å². The molecular weight excluding hydrogens is 1010 g/mol. The molecule has 8 heteroatoms. The maximum Gasteiger partial charge on any atom is 0.136 e. The predicted molar refractivity (Wildman–Crippen MR) is 329 cm³/mol. The summed E-state index contributed by atoms with van der Waals surface area (Å²) in [4.78, 5) is 2.15. The van der Waals surface area contributed by atoms with Crippen LogP contribution < -0.4 is 0 Å². The first-order chi connectivity index (χ1) is 39.2. The maximum absolute atomic E-state index is 12.9. The molecule has 0 unspecified atom stereocenters. The minimum atomic E-state index is 0.521. The van der Waals surface area contributed by atoms with E-state index in [4.69, 9.17) is 13.3 Å². The highest BCUT2D eigenvalue weighted by Gasteiger charge is 2.36. The first kappa shape index (κ1) is 43.0. The lowest BCUT2D eigenvalue weighted by Crippen LogP contribution is -2.10. The van der Waals surface area contributed by atoms with E-state index >= 15 is 0 Å². The molecule has 0 bridgehead atoms. The summed E-state index contributed by atoms with van der Waals surface area (Å²) in [7, 11) is 0. The monoisotopic (exact) mass is 1040 g/mol. The van der Waals surface area contributed by atoms with Crippen LogP contribution in [0, 0.1) is 11.3 Å². The van der Waals surface area contributed by atoms with Crippen LogP contribution >= 0.6 is 22.7 Å². The van der Waals surface area contributed by atoms with Gasteiger partial charge in [-0.15, -0.1) is 22.7 Å². The lowest BCUT2D eigenvalue weighted by molar-refractivity contribution is 0.668. The van der Waals surface area contributed by atoms with Gasteiger partial charge >= 0.3 is 0 Å². The van der Waals surface area contributed by atoms with E-state index < -0.39 is 0 Å². The third-order valence-electron chi connectivity index (χ3n) is 16.4. The van der Waals surface area contributed by atoms with Gasteiger partial charge in [0.15, 0.2) is 0 Å².